The standard InChI is InChI=1S/C11H15ClN2O/c1-3-14-10(11(13)15)9-5-4-8(12)6-7(9)2/h4-6,10,14H,3H2,1-2H3,(H2,13,15). The molecule has 1 amide bonds. The maximum Gasteiger partial charge on any atom is 0.239 e. The molecular weight excluding hydrogens is 212 g/mol. The van der Waals surface area contributed by atoms with Crippen molar-refractivity contribution < 1.29 is 4.79 Å². The van der Waals surface area contributed by atoms with Crippen molar-refractivity contribution in [2.45, 2.75) is 19.9 Å². The minimum atomic E-state index is -0.438. The lowest BCUT2D eigenvalue weighted by Gasteiger charge is -2.16. The van der Waals surface area contributed by atoms with Crippen LogP contribution in [0.4, 0.5) is 0 Å². The summed E-state index contributed by atoms with van der Waals surface area (Å²) in [6, 6.07) is 4.98. The first kappa shape index (κ1) is 12.0. The van der Waals surface area contributed by atoms with Gasteiger partial charge in [0.2, 0.25) is 5.91 Å². The average molecular weight is 227 g/mol. The largest absolute Gasteiger partial charge is 0.368 e. The Morgan fingerprint density at radius 1 is 1.60 bits per heavy atom. The summed E-state index contributed by atoms with van der Waals surface area (Å²) in [5, 5.41) is 3.70. The Balaban J connectivity index is 3.05. The topological polar surface area (TPSA) is 55.1 Å². The molecule has 0 aromatic heterocycles. The van der Waals surface area contributed by atoms with Crippen LogP contribution in [0.15, 0.2) is 18.2 Å². The van der Waals surface area contributed by atoms with E-state index in [-0.39, 0.29) is 5.91 Å². The SMILES string of the molecule is CCNC(C(N)=O)c1ccc(Cl)cc1C. The molecule has 0 aliphatic heterocycles. The number of nitrogens with one attached hydrogen (secondary N) is 1. The van der Waals surface area contributed by atoms with E-state index in [0.717, 1.165) is 11.1 Å². The molecule has 1 atom stereocenters. The van der Waals surface area contributed by atoms with E-state index in [4.69, 9.17) is 17.3 Å². The Hall–Kier alpha value is -1.06. The average Bonchev–Trinajstić information content (AvgIpc) is 2.15. The highest BCUT2D eigenvalue weighted by atomic mass is 35.5. The van der Waals surface area contributed by atoms with E-state index in [9.17, 15) is 4.79 Å². The molecule has 0 radical (unpaired) electrons. The van der Waals surface area contributed by atoms with Crippen molar-refractivity contribution in [1.29, 1.82) is 0 Å². The summed E-state index contributed by atoms with van der Waals surface area (Å²) in [5.41, 5.74) is 7.18. The Kier molecular flexibility index (Phi) is 4.12. The van der Waals surface area contributed by atoms with Gasteiger partial charge in [0.1, 0.15) is 6.04 Å². The van der Waals surface area contributed by atoms with Crippen LogP contribution in [0, 0.1) is 6.92 Å². The highest BCUT2D eigenvalue weighted by Gasteiger charge is 2.18. The second-order valence-corrected chi connectivity index (χ2v) is 3.83. The van der Waals surface area contributed by atoms with Gasteiger partial charge < -0.3 is 11.1 Å². The molecule has 0 aliphatic rings. The van der Waals surface area contributed by atoms with Crippen molar-refractivity contribution in [2.24, 2.45) is 5.73 Å². The van der Waals surface area contributed by atoms with Crippen LogP contribution in [0.3, 0.4) is 0 Å². The number of rotatable bonds is 4. The van der Waals surface area contributed by atoms with Gasteiger partial charge in [-0.2, -0.15) is 0 Å². The van der Waals surface area contributed by atoms with E-state index >= 15 is 0 Å². The Morgan fingerprint density at radius 2 is 2.27 bits per heavy atom. The third-order valence-corrected chi connectivity index (χ3v) is 2.47. The number of likely N-dealkylation sites (N-methyl/N-ethyl adjacent to an activating group) is 1. The number of nitrogens with two attached hydrogens (primary N) is 1. The minimum Gasteiger partial charge on any atom is -0.368 e. The second kappa shape index (κ2) is 5.14. The van der Waals surface area contributed by atoms with Gasteiger partial charge in [-0.1, -0.05) is 24.6 Å². The quantitative estimate of drug-likeness (QED) is 0.823. The summed E-state index contributed by atoms with van der Waals surface area (Å²) in [5.74, 6) is -0.373. The third kappa shape index (κ3) is 2.94. The molecule has 0 fully saturated rings. The smallest absolute Gasteiger partial charge is 0.239 e. The molecule has 4 heteroatoms. The zero-order valence-corrected chi connectivity index (χ0v) is 9.64. The van der Waals surface area contributed by atoms with Gasteiger partial charge in [-0.15, -0.1) is 0 Å². The molecule has 3 nitrogen and oxygen atoms in total. The molecule has 3 N–H and O–H groups in total. The minimum absolute atomic E-state index is 0.373. The van der Waals surface area contributed by atoms with Crippen molar-refractivity contribution in [3.8, 4) is 0 Å². The van der Waals surface area contributed by atoms with Gasteiger partial charge in [0.25, 0.3) is 0 Å². The van der Waals surface area contributed by atoms with E-state index < -0.39 is 6.04 Å². The number of halogens is 1. The summed E-state index contributed by atoms with van der Waals surface area (Å²) < 4.78 is 0. The highest BCUT2D eigenvalue weighted by molar-refractivity contribution is 6.30. The van der Waals surface area contributed by atoms with Crippen LogP contribution in [0.25, 0.3) is 0 Å². The molecule has 0 saturated carbocycles. The molecule has 15 heavy (non-hydrogen) atoms. The molecule has 0 saturated heterocycles. The first-order valence-electron chi connectivity index (χ1n) is 4.85. The van der Waals surface area contributed by atoms with Crippen molar-refractivity contribution in [3.63, 3.8) is 0 Å². The predicted molar refractivity (Wildman–Crippen MR) is 61.8 cm³/mol. The van der Waals surface area contributed by atoms with Crippen LogP contribution in [-0.2, 0) is 4.79 Å². The van der Waals surface area contributed by atoms with Gasteiger partial charge in [-0.05, 0) is 36.7 Å². The lowest BCUT2D eigenvalue weighted by molar-refractivity contribution is -0.120. The third-order valence-electron chi connectivity index (χ3n) is 2.24. The number of hydrogen-bond donors (Lipinski definition) is 2. The van der Waals surface area contributed by atoms with E-state index in [1.54, 1.807) is 6.07 Å². The van der Waals surface area contributed by atoms with Gasteiger partial charge in [-0.3, -0.25) is 4.79 Å². The molecule has 1 unspecified atom stereocenters. The molecule has 0 heterocycles. The van der Waals surface area contributed by atoms with Crippen molar-refractivity contribution >= 4 is 17.5 Å². The monoisotopic (exact) mass is 226 g/mol. The van der Waals surface area contributed by atoms with Crippen LogP contribution in [-0.4, -0.2) is 12.5 Å². The fourth-order valence-electron chi connectivity index (χ4n) is 1.53. The molecular formula is C11H15ClN2O. The predicted octanol–water partition coefficient (Wildman–Crippen LogP) is 1.78. The van der Waals surface area contributed by atoms with Crippen molar-refractivity contribution in [1.82, 2.24) is 5.32 Å². The zero-order chi connectivity index (χ0) is 11.4. The Bertz CT molecular complexity index is 366. The van der Waals surface area contributed by atoms with E-state index in [1.807, 2.05) is 26.0 Å². The fraction of sp³-hybridized carbons (Fsp3) is 0.364. The van der Waals surface area contributed by atoms with Crippen LogP contribution >= 0.6 is 11.6 Å². The summed E-state index contributed by atoms with van der Waals surface area (Å²) in [4.78, 5) is 11.3. The maximum absolute atomic E-state index is 11.3. The first-order valence-corrected chi connectivity index (χ1v) is 5.22. The molecule has 0 bridgehead atoms. The van der Waals surface area contributed by atoms with E-state index in [0.29, 0.717) is 11.6 Å². The van der Waals surface area contributed by atoms with Crippen LogP contribution in [0.2, 0.25) is 5.02 Å². The van der Waals surface area contributed by atoms with Gasteiger partial charge in [0.05, 0.1) is 0 Å². The number of hydrogen-bond acceptors (Lipinski definition) is 2. The van der Waals surface area contributed by atoms with Crippen LogP contribution < -0.4 is 11.1 Å². The van der Waals surface area contributed by atoms with Gasteiger partial charge in [-0.25, -0.2) is 0 Å². The number of carbonyl (C=O) groups is 1. The lowest BCUT2D eigenvalue weighted by Crippen LogP contribution is -2.33. The van der Waals surface area contributed by atoms with Crippen LogP contribution in [0.1, 0.15) is 24.1 Å². The molecule has 1 rings (SSSR count). The molecule has 0 spiro atoms. The molecule has 1 aromatic carbocycles. The number of benzene rings is 1. The van der Waals surface area contributed by atoms with Gasteiger partial charge in [0, 0.05) is 5.02 Å². The number of carbonyl (C=O) groups excluding carboxylic acids is 1. The maximum atomic E-state index is 11.3. The lowest BCUT2D eigenvalue weighted by atomic mass is 10.0. The van der Waals surface area contributed by atoms with E-state index in [2.05, 4.69) is 5.32 Å². The number of primary amides is 1. The summed E-state index contributed by atoms with van der Waals surface area (Å²) >= 11 is 5.84. The summed E-state index contributed by atoms with van der Waals surface area (Å²) in [6.45, 7) is 4.53. The molecule has 0 aliphatic carbocycles. The number of amides is 1. The highest BCUT2D eigenvalue weighted by Crippen LogP contribution is 2.21. The number of aryl methyl sites for hydroxylation is 1. The zero-order valence-electron chi connectivity index (χ0n) is 8.88. The normalized spacial score (nSPS) is 12.5. The Labute approximate surface area is 94.6 Å². The van der Waals surface area contributed by atoms with E-state index in [1.165, 1.54) is 0 Å². The molecule has 1 aromatic rings. The Morgan fingerprint density at radius 3 is 2.73 bits per heavy atom. The fourth-order valence-corrected chi connectivity index (χ4v) is 1.76. The molecule has 82 valence electrons. The first-order chi connectivity index (χ1) is 7.06. The summed E-state index contributed by atoms with van der Waals surface area (Å²) in [7, 11) is 0. The van der Waals surface area contributed by atoms with Crippen molar-refractivity contribution in [3.05, 3.63) is 34.3 Å². The second-order valence-electron chi connectivity index (χ2n) is 3.39. The summed E-state index contributed by atoms with van der Waals surface area (Å²) in [6.07, 6.45) is 0. The van der Waals surface area contributed by atoms with Gasteiger partial charge >= 0.3 is 0 Å². The van der Waals surface area contributed by atoms with Gasteiger partial charge in [0.15, 0.2) is 0 Å². The van der Waals surface area contributed by atoms with Crippen molar-refractivity contribution in [2.75, 3.05) is 6.54 Å². The van der Waals surface area contributed by atoms with Crippen LogP contribution in [0.5, 0.6) is 0 Å².